The third-order valence-corrected chi connectivity index (χ3v) is 3.52. The quantitative estimate of drug-likeness (QED) is 0.433. The summed E-state index contributed by atoms with van der Waals surface area (Å²) in [6.45, 7) is 2.21. The molecule has 0 radical (unpaired) electrons. The molecule has 0 aliphatic carbocycles. The van der Waals surface area contributed by atoms with Crippen molar-refractivity contribution in [2.75, 3.05) is 13.1 Å². The van der Waals surface area contributed by atoms with E-state index in [2.05, 4.69) is 20.8 Å². The van der Waals surface area contributed by atoms with Crippen molar-refractivity contribution < 1.29 is 4.79 Å². The predicted molar refractivity (Wildman–Crippen MR) is 42.0 cm³/mol. The van der Waals surface area contributed by atoms with Crippen LogP contribution in [-0.4, -0.2) is 28.7 Å². The number of piperidine rings is 3. The molecule has 0 aromatic heterocycles. The molecular formula is C7H10BrNO. The Morgan fingerprint density at radius 3 is 2.30 bits per heavy atom. The lowest BCUT2D eigenvalue weighted by atomic mass is 9.87. The van der Waals surface area contributed by atoms with E-state index in [-0.39, 0.29) is 4.95 Å². The minimum atomic E-state index is 0.0417. The summed E-state index contributed by atoms with van der Waals surface area (Å²) in [5, 5.41) is 0. The van der Waals surface area contributed by atoms with E-state index in [1.807, 2.05) is 0 Å². The first-order valence-corrected chi connectivity index (χ1v) is 4.62. The maximum absolute atomic E-state index is 11.3. The van der Waals surface area contributed by atoms with Crippen LogP contribution in [0.2, 0.25) is 0 Å². The Bertz CT molecular complexity index is 159. The Morgan fingerprint density at radius 2 is 2.00 bits per heavy atom. The second-order valence-electron chi connectivity index (χ2n) is 3.05. The summed E-state index contributed by atoms with van der Waals surface area (Å²) < 4.78 is 0. The summed E-state index contributed by atoms with van der Waals surface area (Å²) in [5.41, 5.74) is 0. The molecule has 2 nitrogen and oxygen atoms in total. The number of fused-ring (bicyclic) bond motifs is 3. The molecule has 0 unspecified atom stereocenters. The molecule has 3 fully saturated rings. The van der Waals surface area contributed by atoms with Crippen LogP contribution >= 0.6 is 15.9 Å². The van der Waals surface area contributed by atoms with Gasteiger partial charge in [0.15, 0.2) is 5.78 Å². The van der Waals surface area contributed by atoms with Crippen LogP contribution in [0.25, 0.3) is 0 Å². The van der Waals surface area contributed by atoms with Crippen LogP contribution in [0.3, 0.4) is 0 Å². The first-order valence-electron chi connectivity index (χ1n) is 3.71. The normalized spacial score (nSPS) is 46.1. The van der Waals surface area contributed by atoms with Crippen molar-refractivity contribution in [2.24, 2.45) is 5.92 Å². The summed E-state index contributed by atoms with van der Waals surface area (Å²) in [6.07, 6.45) is 2.17. The molecule has 0 aromatic rings. The van der Waals surface area contributed by atoms with Gasteiger partial charge in [0.05, 0.1) is 0 Å². The van der Waals surface area contributed by atoms with Crippen LogP contribution < -0.4 is 0 Å². The Balaban J connectivity index is 2.20. The number of rotatable bonds is 0. The van der Waals surface area contributed by atoms with Crippen molar-refractivity contribution in [3.05, 3.63) is 0 Å². The summed E-state index contributed by atoms with van der Waals surface area (Å²) in [4.78, 5) is 13.6. The molecule has 2 bridgehead atoms. The molecular weight excluding hydrogens is 194 g/mol. The highest BCUT2D eigenvalue weighted by molar-refractivity contribution is 9.09. The smallest absolute Gasteiger partial charge is 0.163 e. The Hall–Kier alpha value is 0.110. The van der Waals surface area contributed by atoms with Crippen LogP contribution in [-0.2, 0) is 4.79 Å². The summed E-state index contributed by atoms with van der Waals surface area (Å²) >= 11 is 3.39. The van der Waals surface area contributed by atoms with Crippen LogP contribution in [0, 0.1) is 5.92 Å². The minimum Gasteiger partial charge on any atom is -0.297 e. The van der Waals surface area contributed by atoms with Crippen molar-refractivity contribution in [1.29, 1.82) is 0 Å². The van der Waals surface area contributed by atoms with Gasteiger partial charge in [0.2, 0.25) is 0 Å². The number of Topliss-reactive ketones (excluding diaryl/α,β-unsaturated/α-hetero) is 1. The fourth-order valence-corrected chi connectivity index (χ4v) is 2.57. The molecule has 0 amide bonds. The largest absolute Gasteiger partial charge is 0.297 e. The van der Waals surface area contributed by atoms with Crippen molar-refractivity contribution in [2.45, 2.75) is 17.8 Å². The molecule has 3 aliphatic rings. The van der Waals surface area contributed by atoms with E-state index >= 15 is 0 Å². The van der Waals surface area contributed by atoms with Gasteiger partial charge in [0.1, 0.15) is 4.95 Å². The highest BCUT2D eigenvalue weighted by Gasteiger charge is 2.39. The highest BCUT2D eigenvalue weighted by atomic mass is 79.9. The van der Waals surface area contributed by atoms with E-state index < -0.39 is 0 Å². The van der Waals surface area contributed by atoms with E-state index in [1.54, 1.807) is 0 Å². The molecule has 0 aromatic carbocycles. The molecule has 0 N–H and O–H groups in total. The van der Waals surface area contributed by atoms with Gasteiger partial charge in [-0.1, -0.05) is 15.9 Å². The standard InChI is InChI=1S/C7H10BrNO/c8-7-6(10)5-1-3-9(7)4-2-5/h5,7H,1-4H2/t7-/m1/s1. The molecule has 10 heavy (non-hydrogen) atoms. The predicted octanol–water partition coefficient (Wildman–Crippen LogP) is 1.00. The first kappa shape index (κ1) is 6.80. The molecule has 1 atom stereocenters. The molecule has 3 heteroatoms. The zero-order chi connectivity index (χ0) is 7.14. The molecule has 3 saturated heterocycles. The Morgan fingerprint density at radius 1 is 1.40 bits per heavy atom. The lowest BCUT2D eigenvalue weighted by Gasteiger charge is -2.41. The van der Waals surface area contributed by atoms with E-state index in [0.717, 1.165) is 25.9 Å². The van der Waals surface area contributed by atoms with E-state index in [9.17, 15) is 4.79 Å². The fourth-order valence-electron chi connectivity index (χ4n) is 1.79. The van der Waals surface area contributed by atoms with Crippen molar-refractivity contribution in [3.63, 3.8) is 0 Å². The summed E-state index contributed by atoms with van der Waals surface area (Å²) in [6, 6.07) is 0. The number of alkyl halides is 1. The summed E-state index contributed by atoms with van der Waals surface area (Å²) in [5.74, 6) is 0.770. The van der Waals surface area contributed by atoms with Crippen molar-refractivity contribution >= 4 is 21.7 Å². The number of carbonyl (C=O) groups excluding carboxylic acids is 1. The lowest BCUT2D eigenvalue weighted by Crippen LogP contribution is -2.52. The molecule has 0 saturated carbocycles. The highest BCUT2D eigenvalue weighted by Crippen LogP contribution is 2.31. The SMILES string of the molecule is O=C1C2CCN(CC2)[C@H]1Br. The number of hydrogen-bond donors (Lipinski definition) is 0. The summed E-state index contributed by atoms with van der Waals surface area (Å²) in [7, 11) is 0. The van der Waals surface area contributed by atoms with Crippen LogP contribution in [0.1, 0.15) is 12.8 Å². The second kappa shape index (κ2) is 2.31. The van der Waals surface area contributed by atoms with Gasteiger partial charge in [-0.3, -0.25) is 9.69 Å². The second-order valence-corrected chi connectivity index (χ2v) is 3.92. The zero-order valence-corrected chi connectivity index (χ0v) is 7.30. The average Bonchev–Trinajstić information content (AvgIpc) is 2.00. The number of halogens is 1. The molecule has 56 valence electrons. The average molecular weight is 204 g/mol. The molecule has 3 rings (SSSR count). The van der Waals surface area contributed by atoms with Crippen molar-refractivity contribution in [3.8, 4) is 0 Å². The van der Waals surface area contributed by atoms with Crippen LogP contribution in [0.4, 0.5) is 0 Å². The number of nitrogens with zero attached hydrogens (tertiary/aromatic N) is 1. The van der Waals surface area contributed by atoms with Gasteiger partial charge in [0, 0.05) is 19.0 Å². The van der Waals surface area contributed by atoms with E-state index in [1.165, 1.54) is 0 Å². The number of ketones is 1. The molecule has 0 spiro atoms. The van der Waals surface area contributed by atoms with Crippen LogP contribution in [0.5, 0.6) is 0 Å². The number of carbonyl (C=O) groups is 1. The zero-order valence-electron chi connectivity index (χ0n) is 5.72. The third kappa shape index (κ3) is 0.839. The molecule has 3 aliphatic heterocycles. The Labute approximate surface area is 68.7 Å². The number of hydrogen-bond acceptors (Lipinski definition) is 2. The first-order chi connectivity index (χ1) is 4.79. The van der Waals surface area contributed by atoms with Gasteiger partial charge in [0.25, 0.3) is 0 Å². The van der Waals surface area contributed by atoms with Gasteiger partial charge in [-0.15, -0.1) is 0 Å². The van der Waals surface area contributed by atoms with E-state index in [4.69, 9.17) is 0 Å². The van der Waals surface area contributed by atoms with Gasteiger partial charge in [-0.25, -0.2) is 0 Å². The maximum atomic E-state index is 11.3. The fraction of sp³-hybridized carbons (Fsp3) is 0.857. The third-order valence-electron chi connectivity index (χ3n) is 2.49. The van der Waals surface area contributed by atoms with Gasteiger partial charge in [-0.2, -0.15) is 0 Å². The van der Waals surface area contributed by atoms with Crippen LogP contribution in [0.15, 0.2) is 0 Å². The van der Waals surface area contributed by atoms with Crippen molar-refractivity contribution in [1.82, 2.24) is 4.90 Å². The monoisotopic (exact) mass is 203 g/mol. The van der Waals surface area contributed by atoms with Gasteiger partial charge < -0.3 is 0 Å². The maximum Gasteiger partial charge on any atom is 0.163 e. The topological polar surface area (TPSA) is 20.3 Å². The van der Waals surface area contributed by atoms with Gasteiger partial charge >= 0.3 is 0 Å². The Kier molecular flexibility index (Phi) is 1.57. The minimum absolute atomic E-state index is 0.0417. The van der Waals surface area contributed by atoms with E-state index in [0.29, 0.717) is 11.7 Å². The lowest BCUT2D eigenvalue weighted by molar-refractivity contribution is -0.131. The molecule has 3 heterocycles. The van der Waals surface area contributed by atoms with Gasteiger partial charge in [-0.05, 0) is 12.8 Å².